The first-order valence-electron chi connectivity index (χ1n) is 11.2. The molecule has 1 aliphatic carbocycles. The number of likely N-dealkylation sites (tertiary alicyclic amines) is 1. The van der Waals surface area contributed by atoms with Crippen molar-refractivity contribution in [3.8, 4) is 11.1 Å². The average molecular weight is 405 g/mol. The third-order valence-electron chi connectivity index (χ3n) is 6.85. The van der Waals surface area contributed by atoms with E-state index in [9.17, 15) is 9.59 Å². The van der Waals surface area contributed by atoms with E-state index >= 15 is 0 Å². The third-order valence-corrected chi connectivity index (χ3v) is 6.85. The number of amides is 2. The van der Waals surface area contributed by atoms with E-state index in [-0.39, 0.29) is 17.7 Å². The van der Waals surface area contributed by atoms with Gasteiger partial charge in [-0.3, -0.25) is 9.59 Å². The van der Waals surface area contributed by atoms with Crippen LogP contribution in [-0.4, -0.2) is 36.3 Å². The van der Waals surface area contributed by atoms with Gasteiger partial charge in [0.15, 0.2) is 0 Å². The van der Waals surface area contributed by atoms with Crippen molar-refractivity contribution in [1.29, 1.82) is 0 Å². The molecule has 4 rings (SSSR count). The standard InChI is InChI=1S/C26H32N2O2/c1-3-27-25(30)26(12-14-28(15-13-26)24(29)23-16-19(23)2)18-20-8-7-11-22(17-20)21-9-5-4-6-10-21/h4-11,17,19,23H,3,12-16,18H2,1-2H3,(H,27,30)/t19-,23-/m0/s1. The van der Waals surface area contributed by atoms with Crippen LogP contribution < -0.4 is 5.32 Å². The van der Waals surface area contributed by atoms with Crippen molar-refractivity contribution >= 4 is 11.8 Å². The summed E-state index contributed by atoms with van der Waals surface area (Å²) in [6.45, 7) is 6.10. The van der Waals surface area contributed by atoms with Crippen LogP contribution in [0.5, 0.6) is 0 Å². The summed E-state index contributed by atoms with van der Waals surface area (Å²) in [5.74, 6) is 1.15. The summed E-state index contributed by atoms with van der Waals surface area (Å²) in [4.78, 5) is 27.8. The molecule has 1 heterocycles. The van der Waals surface area contributed by atoms with E-state index in [2.05, 4.69) is 48.6 Å². The van der Waals surface area contributed by atoms with Crippen molar-refractivity contribution in [2.75, 3.05) is 19.6 Å². The van der Waals surface area contributed by atoms with Crippen LogP contribution in [0, 0.1) is 17.3 Å². The summed E-state index contributed by atoms with van der Waals surface area (Å²) in [5, 5.41) is 3.07. The molecule has 0 unspecified atom stereocenters. The molecule has 0 aromatic heterocycles. The number of hydrogen-bond acceptors (Lipinski definition) is 2. The molecular weight excluding hydrogens is 372 g/mol. The first kappa shape index (κ1) is 20.6. The molecule has 2 atom stereocenters. The molecular formula is C26H32N2O2. The minimum Gasteiger partial charge on any atom is -0.356 e. The lowest BCUT2D eigenvalue weighted by Gasteiger charge is -2.41. The minimum atomic E-state index is -0.447. The highest BCUT2D eigenvalue weighted by Gasteiger charge is 2.46. The van der Waals surface area contributed by atoms with Crippen LogP contribution in [0.3, 0.4) is 0 Å². The molecule has 1 saturated carbocycles. The Morgan fingerprint density at radius 2 is 1.70 bits per heavy atom. The number of benzene rings is 2. The van der Waals surface area contributed by atoms with E-state index in [1.807, 2.05) is 30.0 Å². The van der Waals surface area contributed by atoms with Gasteiger partial charge in [-0.2, -0.15) is 0 Å². The zero-order valence-electron chi connectivity index (χ0n) is 18.1. The fourth-order valence-electron chi connectivity index (χ4n) is 4.77. The SMILES string of the molecule is CCNC(=O)C1(Cc2cccc(-c3ccccc3)c2)CCN(C(=O)[C@H]2C[C@@H]2C)CC1. The van der Waals surface area contributed by atoms with Crippen LogP contribution in [0.4, 0.5) is 0 Å². The highest BCUT2D eigenvalue weighted by Crippen LogP contribution is 2.42. The summed E-state index contributed by atoms with van der Waals surface area (Å²) in [7, 11) is 0. The molecule has 2 aromatic carbocycles. The molecule has 2 aliphatic rings. The monoisotopic (exact) mass is 404 g/mol. The highest BCUT2D eigenvalue weighted by atomic mass is 16.2. The van der Waals surface area contributed by atoms with E-state index in [0.717, 1.165) is 19.3 Å². The molecule has 1 saturated heterocycles. The van der Waals surface area contributed by atoms with Gasteiger partial charge in [-0.05, 0) is 55.2 Å². The maximum atomic E-state index is 13.1. The number of hydrogen-bond donors (Lipinski definition) is 1. The summed E-state index contributed by atoms with van der Waals surface area (Å²) in [6, 6.07) is 18.9. The Balaban J connectivity index is 1.52. The fourth-order valence-corrected chi connectivity index (χ4v) is 4.77. The van der Waals surface area contributed by atoms with Crippen LogP contribution >= 0.6 is 0 Å². The first-order chi connectivity index (χ1) is 14.5. The quantitative estimate of drug-likeness (QED) is 0.780. The fraction of sp³-hybridized carbons (Fsp3) is 0.462. The van der Waals surface area contributed by atoms with Gasteiger partial charge in [-0.25, -0.2) is 0 Å². The lowest BCUT2D eigenvalue weighted by molar-refractivity contribution is -0.141. The number of piperidine rings is 1. The molecule has 2 amide bonds. The van der Waals surface area contributed by atoms with Crippen molar-refractivity contribution in [2.24, 2.45) is 17.3 Å². The Bertz CT molecular complexity index is 900. The number of carbonyl (C=O) groups is 2. The summed E-state index contributed by atoms with van der Waals surface area (Å²) >= 11 is 0. The van der Waals surface area contributed by atoms with E-state index in [1.54, 1.807) is 0 Å². The van der Waals surface area contributed by atoms with Gasteiger partial charge in [0.2, 0.25) is 11.8 Å². The van der Waals surface area contributed by atoms with Crippen LogP contribution in [0.15, 0.2) is 54.6 Å². The predicted octanol–water partition coefficient (Wildman–Crippen LogP) is 4.30. The van der Waals surface area contributed by atoms with Gasteiger partial charge in [-0.15, -0.1) is 0 Å². The Hall–Kier alpha value is -2.62. The Labute approximate surface area is 179 Å². The van der Waals surface area contributed by atoms with Crippen molar-refractivity contribution in [3.63, 3.8) is 0 Å². The van der Waals surface area contributed by atoms with Gasteiger partial charge < -0.3 is 10.2 Å². The van der Waals surface area contributed by atoms with E-state index in [0.29, 0.717) is 32.0 Å². The lowest BCUT2D eigenvalue weighted by atomic mass is 9.72. The molecule has 0 bridgehead atoms. The topological polar surface area (TPSA) is 49.4 Å². The van der Waals surface area contributed by atoms with Crippen LogP contribution in [-0.2, 0) is 16.0 Å². The minimum absolute atomic E-state index is 0.127. The van der Waals surface area contributed by atoms with Gasteiger partial charge in [0.25, 0.3) is 0 Å². The van der Waals surface area contributed by atoms with E-state index in [4.69, 9.17) is 0 Å². The Morgan fingerprint density at radius 1 is 1.03 bits per heavy atom. The van der Waals surface area contributed by atoms with E-state index in [1.165, 1.54) is 16.7 Å². The van der Waals surface area contributed by atoms with Crippen LogP contribution in [0.25, 0.3) is 11.1 Å². The molecule has 2 aromatic rings. The Kier molecular flexibility index (Phi) is 5.94. The first-order valence-corrected chi connectivity index (χ1v) is 11.2. The zero-order chi connectivity index (χ0) is 21.1. The maximum Gasteiger partial charge on any atom is 0.226 e. The second-order valence-electron chi connectivity index (χ2n) is 9.03. The van der Waals surface area contributed by atoms with Crippen LogP contribution in [0.2, 0.25) is 0 Å². The molecule has 4 nitrogen and oxygen atoms in total. The second kappa shape index (κ2) is 8.63. The Morgan fingerprint density at radius 3 is 2.33 bits per heavy atom. The van der Waals surface area contributed by atoms with Gasteiger partial charge in [0, 0.05) is 25.6 Å². The largest absolute Gasteiger partial charge is 0.356 e. The number of nitrogens with zero attached hydrogens (tertiary/aromatic N) is 1. The maximum absolute atomic E-state index is 13.1. The zero-order valence-corrected chi connectivity index (χ0v) is 18.1. The molecule has 1 N–H and O–H groups in total. The van der Waals surface area contributed by atoms with Crippen molar-refractivity contribution in [1.82, 2.24) is 10.2 Å². The molecule has 2 fully saturated rings. The van der Waals surface area contributed by atoms with Crippen molar-refractivity contribution in [3.05, 3.63) is 60.2 Å². The van der Waals surface area contributed by atoms with Crippen molar-refractivity contribution < 1.29 is 9.59 Å². The highest BCUT2D eigenvalue weighted by molar-refractivity contribution is 5.85. The summed E-state index contributed by atoms with van der Waals surface area (Å²) in [6.07, 6.45) is 3.17. The normalized spacial score (nSPS) is 22.4. The lowest BCUT2D eigenvalue weighted by Crippen LogP contribution is -2.51. The molecule has 1 aliphatic heterocycles. The van der Waals surface area contributed by atoms with Crippen molar-refractivity contribution in [2.45, 2.75) is 39.5 Å². The predicted molar refractivity (Wildman–Crippen MR) is 120 cm³/mol. The second-order valence-corrected chi connectivity index (χ2v) is 9.03. The molecule has 30 heavy (non-hydrogen) atoms. The van der Waals surface area contributed by atoms with Gasteiger partial charge in [-0.1, -0.05) is 61.5 Å². The van der Waals surface area contributed by atoms with E-state index < -0.39 is 5.41 Å². The smallest absolute Gasteiger partial charge is 0.226 e. The number of rotatable bonds is 6. The van der Waals surface area contributed by atoms with Gasteiger partial charge in [0.05, 0.1) is 5.41 Å². The molecule has 0 radical (unpaired) electrons. The van der Waals surface area contributed by atoms with Gasteiger partial charge in [0.1, 0.15) is 0 Å². The van der Waals surface area contributed by atoms with Crippen LogP contribution in [0.1, 0.15) is 38.7 Å². The molecule has 158 valence electrons. The summed E-state index contributed by atoms with van der Waals surface area (Å²) in [5.41, 5.74) is 3.09. The molecule has 4 heteroatoms. The third kappa shape index (κ3) is 4.28. The average Bonchev–Trinajstić information content (AvgIpc) is 3.51. The number of carbonyl (C=O) groups excluding carboxylic acids is 2. The number of nitrogens with one attached hydrogen (secondary N) is 1. The summed E-state index contributed by atoms with van der Waals surface area (Å²) < 4.78 is 0. The van der Waals surface area contributed by atoms with Gasteiger partial charge >= 0.3 is 0 Å². The molecule has 0 spiro atoms.